The topological polar surface area (TPSA) is 80.3 Å². The first-order chi connectivity index (χ1) is 12.4. The molecule has 0 amide bonds. The zero-order valence-electron chi connectivity index (χ0n) is 14.5. The van der Waals surface area contributed by atoms with E-state index in [-0.39, 0.29) is 0 Å². The number of rotatable bonds is 10. The number of hydrogen-bond acceptors (Lipinski definition) is 5. The average Bonchev–Trinajstić information content (AvgIpc) is 3.12. The van der Waals surface area contributed by atoms with Gasteiger partial charge >= 0.3 is 0 Å². The monoisotopic (exact) mass is 338 g/mol. The van der Waals surface area contributed by atoms with Gasteiger partial charge < -0.3 is 16.4 Å². The van der Waals surface area contributed by atoms with E-state index in [4.69, 9.17) is 5.73 Å². The number of unbranched alkanes of at least 4 members (excludes halogenated alkanes) is 3. The van der Waals surface area contributed by atoms with E-state index in [2.05, 4.69) is 32.8 Å². The van der Waals surface area contributed by atoms with Crippen molar-refractivity contribution < 1.29 is 0 Å². The van der Waals surface area contributed by atoms with Gasteiger partial charge in [-0.3, -0.25) is 0 Å². The highest BCUT2D eigenvalue weighted by molar-refractivity contribution is 5.56. The normalized spacial score (nSPS) is 10.9. The van der Waals surface area contributed by atoms with Crippen LogP contribution < -0.4 is 16.4 Å². The largest absolute Gasteiger partial charge is 0.370 e. The number of aromatic nitrogens is 3. The van der Waals surface area contributed by atoms with Crippen LogP contribution in [0.3, 0.4) is 0 Å². The summed E-state index contributed by atoms with van der Waals surface area (Å²) in [6.45, 7) is 2.45. The first kappa shape index (κ1) is 17.2. The molecule has 1 aromatic carbocycles. The summed E-state index contributed by atoms with van der Waals surface area (Å²) in [6.07, 6.45) is 6.38. The minimum absolute atomic E-state index is 0.748. The molecule has 2 aromatic heterocycles. The zero-order valence-corrected chi connectivity index (χ0v) is 14.5. The molecule has 0 spiro atoms. The van der Waals surface area contributed by atoms with Gasteiger partial charge in [-0.2, -0.15) is 9.61 Å². The molecule has 0 bridgehead atoms. The molecule has 0 radical (unpaired) electrons. The number of nitrogens with two attached hydrogens (primary N) is 1. The van der Waals surface area contributed by atoms with Crippen LogP contribution in [0.15, 0.2) is 48.7 Å². The van der Waals surface area contributed by atoms with Crippen molar-refractivity contribution >= 4 is 17.3 Å². The third-order valence-electron chi connectivity index (χ3n) is 4.11. The highest BCUT2D eigenvalue weighted by atomic mass is 15.3. The Labute approximate surface area is 148 Å². The molecule has 3 aromatic rings. The highest BCUT2D eigenvalue weighted by Gasteiger charge is 2.06. The predicted molar refractivity (Wildman–Crippen MR) is 103 cm³/mol. The molecule has 0 unspecified atom stereocenters. The molecule has 0 aliphatic heterocycles. The molecule has 4 N–H and O–H groups in total. The van der Waals surface area contributed by atoms with Crippen molar-refractivity contribution in [2.75, 3.05) is 23.7 Å². The summed E-state index contributed by atoms with van der Waals surface area (Å²) in [5.41, 5.74) is 7.59. The van der Waals surface area contributed by atoms with Crippen molar-refractivity contribution in [3.8, 4) is 0 Å². The lowest BCUT2D eigenvalue weighted by Crippen LogP contribution is -2.09. The van der Waals surface area contributed by atoms with E-state index >= 15 is 0 Å². The van der Waals surface area contributed by atoms with Gasteiger partial charge in [0.15, 0.2) is 5.65 Å². The fourth-order valence-corrected chi connectivity index (χ4v) is 2.76. The smallest absolute Gasteiger partial charge is 0.159 e. The maximum Gasteiger partial charge on any atom is 0.159 e. The summed E-state index contributed by atoms with van der Waals surface area (Å²) in [6, 6.07) is 14.3. The van der Waals surface area contributed by atoms with Gasteiger partial charge in [-0.1, -0.05) is 43.2 Å². The zero-order chi connectivity index (χ0) is 17.3. The third-order valence-corrected chi connectivity index (χ3v) is 4.11. The Kier molecular flexibility index (Phi) is 6.23. The Hall–Kier alpha value is -2.60. The van der Waals surface area contributed by atoms with Crippen LogP contribution in [0.5, 0.6) is 0 Å². The molecule has 2 heterocycles. The Bertz CT molecular complexity index is 768. The first-order valence-electron chi connectivity index (χ1n) is 8.93. The van der Waals surface area contributed by atoms with E-state index in [1.54, 1.807) is 6.20 Å². The molecule has 0 saturated heterocycles. The van der Waals surface area contributed by atoms with Crippen molar-refractivity contribution in [1.82, 2.24) is 14.6 Å². The van der Waals surface area contributed by atoms with Gasteiger partial charge in [-0.15, -0.1) is 0 Å². The molecule has 6 nitrogen and oxygen atoms in total. The number of hydrogen-bond donors (Lipinski definition) is 3. The van der Waals surface area contributed by atoms with Crippen LogP contribution in [-0.4, -0.2) is 27.7 Å². The summed E-state index contributed by atoms with van der Waals surface area (Å²) in [7, 11) is 0. The Morgan fingerprint density at radius 1 is 0.960 bits per heavy atom. The lowest BCUT2D eigenvalue weighted by Gasteiger charge is -2.12. The lowest BCUT2D eigenvalue weighted by molar-refractivity contribution is 0.661. The quantitative estimate of drug-likeness (QED) is 0.494. The van der Waals surface area contributed by atoms with Crippen molar-refractivity contribution in [3.05, 3.63) is 54.2 Å². The summed E-state index contributed by atoms with van der Waals surface area (Å²) in [5.74, 6) is 1.81. The Morgan fingerprint density at radius 3 is 2.64 bits per heavy atom. The van der Waals surface area contributed by atoms with Crippen molar-refractivity contribution in [3.63, 3.8) is 0 Å². The fraction of sp³-hybridized carbons (Fsp3) is 0.368. The summed E-state index contributed by atoms with van der Waals surface area (Å²) < 4.78 is 1.83. The molecule has 0 saturated carbocycles. The second-order valence-electron chi connectivity index (χ2n) is 6.10. The number of benzene rings is 1. The summed E-state index contributed by atoms with van der Waals surface area (Å²) in [5, 5.41) is 11.2. The van der Waals surface area contributed by atoms with Crippen LogP contribution in [0.4, 0.5) is 11.6 Å². The Balaban J connectivity index is 1.62. The number of anilines is 2. The molecular formula is C19H26N6. The molecule has 0 aliphatic carbocycles. The third kappa shape index (κ3) is 4.93. The number of fused-ring (bicyclic) bond motifs is 1. The van der Waals surface area contributed by atoms with E-state index in [0.717, 1.165) is 49.8 Å². The molecule has 0 fully saturated rings. The minimum atomic E-state index is 0.748. The van der Waals surface area contributed by atoms with Crippen molar-refractivity contribution in [1.29, 1.82) is 0 Å². The minimum Gasteiger partial charge on any atom is -0.370 e. The second-order valence-corrected chi connectivity index (χ2v) is 6.10. The predicted octanol–water partition coefficient (Wildman–Crippen LogP) is 3.27. The maximum atomic E-state index is 5.52. The van der Waals surface area contributed by atoms with Crippen LogP contribution in [-0.2, 0) is 6.54 Å². The van der Waals surface area contributed by atoms with Gasteiger partial charge in [0.05, 0.1) is 6.20 Å². The fourth-order valence-electron chi connectivity index (χ4n) is 2.76. The Morgan fingerprint density at radius 2 is 1.80 bits per heavy atom. The van der Waals surface area contributed by atoms with Crippen LogP contribution in [0.2, 0.25) is 0 Å². The molecular weight excluding hydrogens is 312 g/mol. The molecule has 25 heavy (non-hydrogen) atoms. The average molecular weight is 338 g/mol. The molecule has 3 rings (SSSR count). The van der Waals surface area contributed by atoms with Crippen LogP contribution in [0.1, 0.15) is 31.2 Å². The lowest BCUT2D eigenvalue weighted by atomic mass is 10.2. The highest BCUT2D eigenvalue weighted by Crippen LogP contribution is 2.17. The van der Waals surface area contributed by atoms with E-state index < -0.39 is 0 Å². The van der Waals surface area contributed by atoms with Gasteiger partial charge in [0.2, 0.25) is 0 Å². The molecule has 6 heteroatoms. The van der Waals surface area contributed by atoms with Gasteiger partial charge in [-0.25, -0.2) is 4.98 Å². The van der Waals surface area contributed by atoms with E-state index in [0.29, 0.717) is 0 Å². The second kappa shape index (κ2) is 9.03. The van der Waals surface area contributed by atoms with Crippen molar-refractivity contribution in [2.24, 2.45) is 5.73 Å². The van der Waals surface area contributed by atoms with Crippen LogP contribution in [0.25, 0.3) is 5.65 Å². The van der Waals surface area contributed by atoms with Gasteiger partial charge in [0.25, 0.3) is 0 Å². The molecule has 0 atom stereocenters. The van der Waals surface area contributed by atoms with Crippen molar-refractivity contribution in [2.45, 2.75) is 32.2 Å². The van der Waals surface area contributed by atoms with E-state index in [9.17, 15) is 0 Å². The molecule has 0 aliphatic rings. The number of nitrogens with one attached hydrogen (secondary N) is 2. The maximum absolute atomic E-state index is 5.52. The van der Waals surface area contributed by atoms with Crippen LogP contribution in [0, 0.1) is 0 Å². The number of nitrogens with zero attached hydrogens (tertiary/aromatic N) is 3. The van der Waals surface area contributed by atoms with Gasteiger partial charge in [-0.05, 0) is 24.9 Å². The van der Waals surface area contributed by atoms with Crippen LogP contribution >= 0.6 is 0 Å². The first-order valence-corrected chi connectivity index (χ1v) is 8.93. The summed E-state index contributed by atoms with van der Waals surface area (Å²) in [4.78, 5) is 4.61. The molecule has 132 valence electrons. The van der Waals surface area contributed by atoms with Gasteiger partial charge in [0.1, 0.15) is 11.6 Å². The van der Waals surface area contributed by atoms with Gasteiger partial charge in [0, 0.05) is 25.2 Å². The standard InChI is InChI=1S/C19H26N6/c20-11-6-1-2-7-12-21-17-14-19(25-18(24-17)10-13-23-25)22-15-16-8-4-3-5-9-16/h3-5,8-10,13-14,22H,1-2,6-7,11-12,15,20H2,(H,21,24). The van der Waals surface area contributed by atoms with E-state index in [1.807, 2.05) is 34.8 Å². The SMILES string of the molecule is NCCCCCCNc1cc(NCc2ccccc2)n2nccc2n1. The van der Waals surface area contributed by atoms with E-state index in [1.165, 1.54) is 18.4 Å². The summed E-state index contributed by atoms with van der Waals surface area (Å²) >= 11 is 0.